The Morgan fingerprint density at radius 1 is 1.53 bits per heavy atom. The first-order chi connectivity index (χ1) is 7.02. The lowest BCUT2D eigenvalue weighted by atomic mass is 10.00. The first-order valence-electron chi connectivity index (χ1n) is 5.35. The minimum Gasteiger partial charge on any atom is -0.393 e. The highest BCUT2D eigenvalue weighted by Gasteiger charge is 2.28. The summed E-state index contributed by atoms with van der Waals surface area (Å²) in [6.45, 7) is 3.64. The fourth-order valence-electron chi connectivity index (χ4n) is 1.97. The highest BCUT2D eigenvalue weighted by atomic mass is 32.1. The van der Waals surface area contributed by atoms with Crippen molar-refractivity contribution in [1.82, 2.24) is 4.90 Å². The van der Waals surface area contributed by atoms with Crippen molar-refractivity contribution in [3.8, 4) is 0 Å². The molecule has 2 unspecified atom stereocenters. The molecular formula is C10H19N3OS. The van der Waals surface area contributed by atoms with Gasteiger partial charge in [-0.1, -0.05) is 25.6 Å². The molecule has 0 radical (unpaired) electrons. The molecule has 15 heavy (non-hydrogen) atoms. The molecule has 0 saturated carbocycles. The summed E-state index contributed by atoms with van der Waals surface area (Å²) in [5.41, 5.74) is 10.9. The van der Waals surface area contributed by atoms with Crippen LogP contribution in [0, 0.1) is 5.92 Å². The number of hydrogen-bond acceptors (Lipinski definition) is 3. The predicted molar refractivity (Wildman–Crippen MR) is 64.4 cm³/mol. The zero-order valence-corrected chi connectivity index (χ0v) is 9.93. The Kier molecular flexibility index (Phi) is 4.47. The van der Waals surface area contributed by atoms with Crippen molar-refractivity contribution in [1.29, 1.82) is 0 Å². The summed E-state index contributed by atoms with van der Waals surface area (Å²) < 4.78 is 0. The Morgan fingerprint density at radius 3 is 2.73 bits per heavy atom. The summed E-state index contributed by atoms with van der Waals surface area (Å²) in [5.74, 6) is -0.0928. The summed E-state index contributed by atoms with van der Waals surface area (Å²) in [7, 11) is 0. The van der Waals surface area contributed by atoms with Gasteiger partial charge in [-0.15, -0.1) is 0 Å². The van der Waals surface area contributed by atoms with Gasteiger partial charge in [0.25, 0.3) is 0 Å². The molecule has 1 saturated heterocycles. The quantitative estimate of drug-likeness (QED) is 0.678. The molecule has 0 aromatic carbocycles. The van der Waals surface area contributed by atoms with Crippen LogP contribution in [0.5, 0.6) is 0 Å². The topological polar surface area (TPSA) is 72.3 Å². The van der Waals surface area contributed by atoms with E-state index in [1.165, 1.54) is 0 Å². The first-order valence-corrected chi connectivity index (χ1v) is 5.76. The molecule has 1 aliphatic heterocycles. The van der Waals surface area contributed by atoms with Crippen LogP contribution in [0.2, 0.25) is 0 Å². The van der Waals surface area contributed by atoms with E-state index < -0.39 is 0 Å². The minimum absolute atomic E-state index is 0.129. The van der Waals surface area contributed by atoms with Crippen LogP contribution in [0.25, 0.3) is 0 Å². The van der Waals surface area contributed by atoms with Gasteiger partial charge in [-0.25, -0.2) is 0 Å². The normalized spacial score (nSPS) is 24.7. The molecule has 1 heterocycles. The van der Waals surface area contributed by atoms with Gasteiger partial charge >= 0.3 is 0 Å². The number of amides is 1. The lowest BCUT2D eigenvalue weighted by Crippen LogP contribution is -2.50. The molecule has 4 N–H and O–H groups in total. The first kappa shape index (κ1) is 12.4. The largest absolute Gasteiger partial charge is 0.393 e. The van der Waals surface area contributed by atoms with Crippen molar-refractivity contribution in [2.75, 3.05) is 13.1 Å². The molecule has 0 aromatic heterocycles. The molecular weight excluding hydrogens is 210 g/mol. The Labute approximate surface area is 96.0 Å². The van der Waals surface area contributed by atoms with Crippen LogP contribution in [-0.2, 0) is 4.79 Å². The van der Waals surface area contributed by atoms with E-state index in [-0.39, 0.29) is 17.9 Å². The predicted octanol–water partition coefficient (Wildman–Crippen LogP) is 0.248. The van der Waals surface area contributed by atoms with E-state index in [1.807, 2.05) is 6.92 Å². The Balaban J connectivity index is 2.56. The van der Waals surface area contributed by atoms with Gasteiger partial charge < -0.3 is 11.5 Å². The van der Waals surface area contributed by atoms with Crippen LogP contribution < -0.4 is 11.5 Å². The van der Waals surface area contributed by atoms with Crippen LogP contribution >= 0.6 is 12.2 Å². The average molecular weight is 229 g/mol. The molecule has 1 amide bonds. The zero-order valence-electron chi connectivity index (χ0n) is 9.11. The van der Waals surface area contributed by atoms with E-state index in [0.29, 0.717) is 4.99 Å². The number of hydrogen-bond donors (Lipinski definition) is 2. The van der Waals surface area contributed by atoms with E-state index in [2.05, 4.69) is 4.90 Å². The Bertz CT molecular complexity index is 257. The summed E-state index contributed by atoms with van der Waals surface area (Å²) in [5, 5.41) is 0. The van der Waals surface area contributed by atoms with Crippen LogP contribution in [0.1, 0.15) is 26.2 Å². The van der Waals surface area contributed by atoms with Crippen molar-refractivity contribution >= 4 is 23.1 Å². The monoisotopic (exact) mass is 229 g/mol. The van der Waals surface area contributed by atoms with Crippen LogP contribution in [0.3, 0.4) is 0 Å². The van der Waals surface area contributed by atoms with Gasteiger partial charge in [0.15, 0.2) is 0 Å². The summed E-state index contributed by atoms with van der Waals surface area (Å²) in [6.07, 6.45) is 3.05. The lowest BCUT2D eigenvalue weighted by Gasteiger charge is -2.35. The molecule has 86 valence electrons. The molecule has 0 aromatic rings. The SMILES string of the molecule is CC(CN1CCCCC1C(N)=O)C(N)=S. The van der Waals surface area contributed by atoms with E-state index in [9.17, 15) is 4.79 Å². The van der Waals surface area contributed by atoms with E-state index in [4.69, 9.17) is 23.7 Å². The van der Waals surface area contributed by atoms with Gasteiger partial charge in [-0.3, -0.25) is 9.69 Å². The second-order valence-electron chi connectivity index (χ2n) is 4.21. The van der Waals surface area contributed by atoms with Gasteiger partial charge in [0.05, 0.1) is 11.0 Å². The second-order valence-corrected chi connectivity index (χ2v) is 4.68. The lowest BCUT2D eigenvalue weighted by molar-refractivity contribution is -0.124. The van der Waals surface area contributed by atoms with E-state index >= 15 is 0 Å². The van der Waals surface area contributed by atoms with Crippen LogP contribution in [0.4, 0.5) is 0 Å². The van der Waals surface area contributed by atoms with Gasteiger partial charge in [-0.2, -0.15) is 0 Å². The molecule has 0 aliphatic carbocycles. The highest BCUT2D eigenvalue weighted by Crippen LogP contribution is 2.18. The fraction of sp³-hybridized carbons (Fsp3) is 0.800. The molecule has 0 bridgehead atoms. The second kappa shape index (κ2) is 5.42. The fourth-order valence-corrected chi connectivity index (χ4v) is 2.05. The number of primary amides is 1. The third-order valence-electron chi connectivity index (χ3n) is 2.94. The number of nitrogens with two attached hydrogens (primary N) is 2. The maximum Gasteiger partial charge on any atom is 0.234 e. The zero-order chi connectivity index (χ0) is 11.4. The van der Waals surface area contributed by atoms with Crippen molar-refractivity contribution in [3.05, 3.63) is 0 Å². The smallest absolute Gasteiger partial charge is 0.234 e. The molecule has 1 aliphatic rings. The third-order valence-corrected chi connectivity index (χ3v) is 3.34. The van der Waals surface area contributed by atoms with Gasteiger partial charge in [-0.05, 0) is 19.4 Å². The number of carbonyl (C=O) groups is 1. The number of piperidine rings is 1. The van der Waals surface area contributed by atoms with Crippen LogP contribution in [-0.4, -0.2) is 34.9 Å². The number of likely N-dealkylation sites (tertiary alicyclic amines) is 1. The Hall–Kier alpha value is -0.680. The molecule has 4 nitrogen and oxygen atoms in total. The van der Waals surface area contributed by atoms with Crippen molar-refractivity contribution in [2.45, 2.75) is 32.2 Å². The maximum absolute atomic E-state index is 11.2. The minimum atomic E-state index is -0.232. The third kappa shape index (κ3) is 3.43. The Morgan fingerprint density at radius 2 is 2.20 bits per heavy atom. The van der Waals surface area contributed by atoms with Gasteiger partial charge in [0, 0.05) is 12.5 Å². The standard InChI is InChI=1S/C10H19N3OS/c1-7(10(12)15)6-13-5-3-2-4-8(13)9(11)14/h7-8H,2-6H2,1H3,(H2,11,14)(H2,12,15). The summed E-state index contributed by atoms with van der Waals surface area (Å²) >= 11 is 4.93. The van der Waals surface area contributed by atoms with E-state index in [1.54, 1.807) is 0 Å². The molecule has 2 atom stereocenters. The van der Waals surface area contributed by atoms with Crippen molar-refractivity contribution in [2.24, 2.45) is 17.4 Å². The maximum atomic E-state index is 11.2. The number of nitrogens with zero attached hydrogens (tertiary/aromatic N) is 1. The van der Waals surface area contributed by atoms with Gasteiger partial charge in [0.1, 0.15) is 0 Å². The molecule has 1 fully saturated rings. The van der Waals surface area contributed by atoms with Crippen molar-refractivity contribution in [3.63, 3.8) is 0 Å². The van der Waals surface area contributed by atoms with E-state index in [0.717, 1.165) is 32.4 Å². The molecule has 0 spiro atoms. The number of rotatable bonds is 4. The number of thiocarbonyl (C=S) groups is 1. The highest BCUT2D eigenvalue weighted by molar-refractivity contribution is 7.80. The molecule has 5 heteroatoms. The summed E-state index contributed by atoms with van der Waals surface area (Å²) in [6, 6.07) is -0.129. The molecule has 1 rings (SSSR count). The van der Waals surface area contributed by atoms with Crippen LogP contribution in [0.15, 0.2) is 0 Å². The summed E-state index contributed by atoms with van der Waals surface area (Å²) in [4.78, 5) is 13.8. The number of carbonyl (C=O) groups excluding carboxylic acids is 1. The van der Waals surface area contributed by atoms with Gasteiger partial charge in [0.2, 0.25) is 5.91 Å². The van der Waals surface area contributed by atoms with Crippen molar-refractivity contribution < 1.29 is 4.79 Å². The average Bonchev–Trinajstić information content (AvgIpc) is 2.18.